The van der Waals surface area contributed by atoms with Crippen LogP contribution in [0.25, 0.3) is 6.08 Å². The predicted octanol–water partition coefficient (Wildman–Crippen LogP) is 1.90. The number of hydrogen-bond acceptors (Lipinski definition) is 5. The molecule has 0 radical (unpaired) electrons. The van der Waals surface area contributed by atoms with Gasteiger partial charge in [-0.1, -0.05) is 6.08 Å². The molecule has 0 spiro atoms. The number of carbonyl (C=O) groups is 1. The van der Waals surface area contributed by atoms with Gasteiger partial charge in [-0.15, -0.1) is 0 Å². The van der Waals surface area contributed by atoms with Crippen molar-refractivity contribution in [3.63, 3.8) is 0 Å². The second kappa shape index (κ2) is 5.00. The van der Waals surface area contributed by atoms with E-state index in [9.17, 15) is 4.79 Å². The number of benzene rings is 1. The Morgan fingerprint density at radius 1 is 1.28 bits per heavy atom. The van der Waals surface area contributed by atoms with Crippen molar-refractivity contribution in [2.24, 2.45) is 0 Å². The smallest absolute Gasteiger partial charge is 0.338 e. The molecule has 1 aromatic rings. The van der Waals surface area contributed by atoms with Gasteiger partial charge in [-0.25, -0.2) is 4.79 Å². The van der Waals surface area contributed by atoms with Gasteiger partial charge in [-0.3, -0.25) is 0 Å². The summed E-state index contributed by atoms with van der Waals surface area (Å²) in [7, 11) is 4.36. The predicted molar refractivity (Wildman–Crippen MR) is 65.4 cm³/mol. The molecule has 0 unspecified atom stereocenters. The number of fused-ring (bicyclic) bond motifs is 1. The van der Waals surface area contributed by atoms with E-state index in [1.807, 2.05) is 12.2 Å². The molecule has 0 amide bonds. The van der Waals surface area contributed by atoms with Gasteiger partial charge in [-0.05, 0) is 12.1 Å². The van der Waals surface area contributed by atoms with Crippen molar-refractivity contribution in [1.82, 2.24) is 0 Å². The molecule has 5 nitrogen and oxygen atoms in total. The van der Waals surface area contributed by atoms with Crippen LogP contribution in [0.2, 0.25) is 0 Å². The van der Waals surface area contributed by atoms with Crippen molar-refractivity contribution >= 4 is 12.0 Å². The average molecular weight is 250 g/mol. The quantitative estimate of drug-likeness (QED) is 0.767. The fraction of sp³-hybridized carbons (Fsp3) is 0.308. The summed E-state index contributed by atoms with van der Waals surface area (Å²) < 4.78 is 20.7. The molecule has 0 saturated heterocycles. The van der Waals surface area contributed by atoms with Crippen LogP contribution in [0.15, 0.2) is 12.1 Å². The lowest BCUT2D eigenvalue weighted by Crippen LogP contribution is -2.11. The second-order valence-corrected chi connectivity index (χ2v) is 3.61. The Morgan fingerprint density at radius 2 is 2.06 bits per heavy atom. The average Bonchev–Trinajstić information content (AvgIpc) is 2.44. The van der Waals surface area contributed by atoms with Gasteiger partial charge >= 0.3 is 5.97 Å². The van der Waals surface area contributed by atoms with Crippen LogP contribution in [0.5, 0.6) is 17.2 Å². The summed E-state index contributed by atoms with van der Waals surface area (Å²) in [4.78, 5) is 11.7. The van der Waals surface area contributed by atoms with Crippen LogP contribution in [0.4, 0.5) is 0 Å². The number of rotatable bonds is 3. The SMILES string of the molecule is COC(=O)c1cc(OC)c(OC)c2c1C=CCO2. The lowest BCUT2D eigenvalue weighted by molar-refractivity contribution is 0.0599. The molecule has 1 aromatic carbocycles. The maximum absolute atomic E-state index is 11.7. The number of ether oxygens (including phenoxy) is 4. The van der Waals surface area contributed by atoms with E-state index in [0.717, 1.165) is 0 Å². The molecule has 2 rings (SSSR count). The highest BCUT2D eigenvalue weighted by Crippen LogP contribution is 2.44. The summed E-state index contributed by atoms with van der Waals surface area (Å²) in [5.41, 5.74) is 1.03. The molecular formula is C13H14O5. The molecule has 0 aromatic heterocycles. The number of methoxy groups -OCH3 is 3. The lowest BCUT2D eigenvalue weighted by atomic mass is 10.0. The lowest BCUT2D eigenvalue weighted by Gasteiger charge is -2.20. The molecule has 1 heterocycles. The minimum absolute atomic E-state index is 0.390. The molecule has 0 bridgehead atoms. The van der Waals surface area contributed by atoms with Gasteiger partial charge in [0.2, 0.25) is 5.75 Å². The molecule has 0 fully saturated rings. The summed E-state index contributed by atoms with van der Waals surface area (Å²) in [5, 5.41) is 0. The molecule has 96 valence electrons. The van der Waals surface area contributed by atoms with E-state index in [4.69, 9.17) is 18.9 Å². The monoisotopic (exact) mass is 250 g/mol. The van der Waals surface area contributed by atoms with Crippen LogP contribution in [-0.4, -0.2) is 33.9 Å². The fourth-order valence-electron chi connectivity index (χ4n) is 1.86. The highest BCUT2D eigenvalue weighted by Gasteiger charge is 2.24. The van der Waals surface area contributed by atoms with Crippen molar-refractivity contribution in [3.05, 3.63) is 23.3 Å². The van der Waals surface area contributed by atoms with Crippen molar-refractivity contribution in [2.75, 3.05) is 27.9 Å². The molecule has 18 heavy (non-hydrogen) atoms. The van der Waals surface area contributed by atoms with Gasteiger partial charge in [0.05, 0.1) is 26.9 Å². The Balaban J connectivity index is 2.69. The van der Waals surface area contributed by atoms with Crippen LogP contribution in [0.3, 0.4) is 0 Å². The zero-order chi connectivity index (χ0) is 13.1. The van der Waals surface area contributed by atoms with Gasteiger partial charge < -0.3 is 18.9 Å². The van der Waals surface area contributed by atoms with E-state index < -0.39 is 5.97 Å². The Hall–Kier alpha value is -2.17. The van der Waals surface area contributed by atoms with E-state index in [2.05, 4.69) is 0 Å². The first-order valence-electron chi connectivity index (χ1n) is 5.39. The zero-order valence-corrected chi connectivity index (χ0v) is 10.5. The van der Waals surface area contributed by atoms with Gasteiger partial charge in [0.1, 0.15) is 6.61 Å². The second-order valence-electron chi connectivity index (χ2n) is 3.61. The van der Waals surface area contributed by atoms with Crippen LogP contribution in [-0.2, 0) is 4.74 Å². The van der Waals surface area contributed by atoms with E-state index in [1.165, 1.54) is 21.3 Å². The van der Waals surface area contributed by atoms with Gasteiger partial charge in [0.15, 0.2) is 11.5 Å². The van der Waals surface area contributed by atoms with Crippen molar-refractivity contribution in [1.29, 1.82) is 0 Å². The Kier molecular flexibility index (Phi) is 3.41. The molecule has 0 saturated carbocycles. The minimum Gasteiger partial charge on any atom is -0.493 e. The summed E-state index contributed by atoms with van der Waals surface area (Å²) in [6, 6.07) is 1.59. The summed E-state index contributed by atoms with van der Waals surface area (Å²) in [6.45, 7) is 0.428. The highest BCUT2D eigenvalue weighted by molar-refractivity contribution is 5.96. The highest BCUT2D eigenvalue weighted by atomic mass is 16.5. The van der Waals surface area contributed by atoms with E-state index in [1.54, 1.807) is 6.07 Å². The number of carbonyl (C=O) groups excluding carboxylic acids is 1. The molecule has 0 N–H and O–H groups in total. The van der Waals surface area contributed by atoms with E-state index >= 15 is 0 Å². The van der Waals surface area contributed by atoms with Gasteiger partial charge in [-0.2, -0.15) is 0 Å². The molecule has 0 aliphatic carbocycles. The third kappa shape index (κ3) is 1.88. The topological polar surface area (TPSA) is 54.0 Å². The zero-order valence-electron chi connectivity index (χ0n) is 10.5. The first-order chi connectivity index (χ1) is 8.72. The molecule has 1 aliphatic rings. The molecular weight excluding hydrogens is 236 g/mol. The van der Waals surface area contributed by atoms with Crippen molar-refractivity contribution < 1.29 is 23.7 Å². The fourth-order valence-corrected chi connectivity index (χ4v) is 1.86. The maximum Gasteiger partial charge on any atom is 0.338 e. The Morgan fingerprint density at radius 3 is 2.67 bits per heavy atom. The largest absolute Gasteiger partial charge is 0.493 e. The van der Waals surface area contributed by atoms with E-state index in [-0.39, 0.29) is 0 Å². The molecule has 0 atom stereocenters. The Bertz CT molecular complexity index is 505. The first-order valence-corrected chi connectivity index (χ1v) is 5.39. The van der Waals surface area contributed by atoms with Crippen LogP contribution in [0, 0.1) is 0 Å². The number of esters is 1. The maximum atomic E-state index is 11.7. The van der Waals surface area contributed by atoms with Crippen LogP contribution < -0.4 is 14.2 Å². The third-order valence-corrected chi connectivity index (χ3v) is 2.68. The Labute approximate surface area is 105 Å². The summed E-state index contributed by atoms with van der Waals surface area (Å²) >= 11 is 0. The van der Waals surface area contributed by atoms with Crippen LogP contribution in [0.1, 0.15) is 15.9 Å². The third-order valence-electron chi connectivity index (χ3n) is 2.68. The molecule has 5 heteroatoms. The number of hydrogen-bond donors (Lipinski definition) is 0. The standard InChI is InChI=1S/C13H14O5/c1-15-10-7-9(13(14)17-3)8-5-4-6-18-11(8)12(10)16-2/h4-5,7H,6H2,1-3H3. The summed E-state index contributed by atoms with van der Waals surface area (Å²) in [6.07, 6.45) is 3.63. The van der Waals surface area contributed by atoms with E-state index in [0.29, 0.717) is 35.0 Å². The molecule has 1 aliphatic heterocycles. The van der Waals surface area contributed by atoms with Crippen molar-refractivity contribution in [2.45, 2.75) is 0 Å². The first kappa shape index (κ1) is 12.3. The minimum atomic E-state index is -0.442. The van der Waals surface area contributed by atoms with Gasteiger partial charge in [0.25, 0.3) is 0 Å². The van der Waals surface area contributed by atoms with Gasteiger partial charge in [0, 0.05) is 5.56 Å². The van der Waals surface area contributed by atoms with Crippen molar-refractivity contribution in [3.8, 4) is 17.2 Å². The van der Waals surface area contributed by atoms with Crippen LogP contribution >= 0.6 is 0 Å². The summed E-state index contributed by atoms with van der Waals surface area (Å²) in [5.74, 6) is 0.971. The normalized spacial score (nSPS) is 12.4.